The van der Waals surface area contributed by atoms with Gasteiger partial charge in [-0.3, -0.25) is 0 Å². The molecule has 0 aliphatic carbocycles. The van der Waals surface area contributed by atoms with Gasteiger partial charge >= 0.3 is 6.09 Å². The minimum Gasteiger partial charge on any atom is -0.508 e. The van der Waals surface area contributed by atoms with E-state index in [1.165, 1.54) is 18.2 Å². The van der Waals surface area contributed by atoms with Crippen LogP contribution in [0.15, 0.2) is 18.2 Å². The Bertz CT molecular complexity index is 462. The number of benzene rings is 1. The second kappa shape index (κ2) is 5.93. The molecule has 1 aromatic carbocycles. The third-order valence-corrected chi connectivity index (χ3v) is 2.48. The van der Waals surface area contributed by atoms with Gasteiger partial charge in [-0.1, -0.05) is 17.7 Å². The van der Waals surface area contributed by atoms with Gasteiger partial charge in [0, 0.05) is 10.6 Å². The van der Waals surface area contributed by atoms with Crippen molar-refractivity contribution in [3.63, 3.8) is 0 Å². The first kappa shape index (κ1) is 15.3. The van der Waals surface area contributed by atoms with Gasteiger partial charge in [0.05, 0.1) is 0 Å². The molecule has 0 saturated heterocycles. The fourth-order valence-corrected chi connectivity index (χ4v) is 1.73. The summed E-state index contributed by atoms with van der Waals surface area (Å²) in [6, 6.07) is 3.37. The molecule has 0 bridgehead atoms. The van der Waals surface area contributed by atoms with Gasteiger partial charge in [-0.15, -0.1) is 0 Å². The molecule has 0 spiro atoms. The van der Waals surface area contributed by atoms with Gasteiger partial charge in [0.1, 0.15) is 23.7 Å². The first-order valence-corrected chi connectivity index (χ1v) is 6.04. The second-order valence-corrected chi connectivity index (χ2v) is 5.34. The third-order valence-electron chi connectivity index (χ3n) is 2.15. The molecule has 0 aromatic heterocycles. The fourth-order valence-electron chi connectivity index (χ4n) is 1.44. The maximum atomic E-state index is 11.6. The van der Waals surface area contributed by atoms with Gasteiger partial charge in [-0.05, 0) is 32.9 Å². The Kier molecular flexibility index (Phi) is 4.78. The predicted molar refractivity (Wildman–Crippen MR) is 71.3 cm³/mol. The van der Waals surface area contributed by atoms with Crippen LogP contribution in [0.1, 0.15) is 32.4 Å². The van der Waals surface area contributed by atoms with Crippen molar-refractivity contribution in [3.05, 3.63) is 28.8 Å². The standard InChI is InChI=1S/C13H16ClNO4/c1-13(2,3)19-12(18)15-9(7-16)11-8(14)5-4-6-10(11)17/h4-7,9,17H,1-3H3,(H,15,18). The molecule has 0 saturated carbocycles. The van der Waals surface area contributed by atoms with Crippen LogP contribution < -0.4 is 5.32 Å². The number of amides is 1. The Hall–Kier alpha value is -1.75. The van der Waals surface area contributed by atoms with Crippen LogP contribution in [0, 0.1) is 0 Å². The van der Waals surface area contributed by atoms with Crippen LogP contribution in [0.4, 0.5) is 4.79 Å². The molecule has 0 radical (unpaired) electrons. The summed E-state index contributed by atoms with van der Waals surface area (Å²) in [5, 5.41) is 12.2. The Balaban J connectivity index is 2.91. The van der Waals surface area contributed by atoms with Crippen molar-refractivity contribution in [2.75, 3.05) is 0 Å². The van der Waals surface area contributed by atoms with Crippen molar-refractivity contribution in [1.29, 1.82) is 0 Å². The normalized spacial score (nSPS) is 12.6. The Morgan fingerprint density at radius 1 is 1.47 bits per heavy atom. The van der Waals surface area contributed by atoms with Gasteiger partial charge < -0.3 is 20.0 Å². The van der Waals surface area contributed by atoms with E-state index in [1.54, 1.807) is 20.8 Å². The smallest absolute Gasteiger partial charge is 0.408 e. The largest absolute Gasteiger partial charge is 0.508 e. The van der Waals surface area contributed by atoms with Crippen LogP contribution in [0.3, 0.4) is 0 Å². The molecule has 2 N–H and O–H groups in total. The monoisotopic (exact) mass is 285 g/mol. The van der Waals surface area contributed by atoms with E-state index in [0.717, 1.165) is 0 Å². The zero-order valence-corrected chi connectivity index (χ0v) is 11.7. The van der Waals surface area contributed by atoms with Gasteiger partial charge in [0.25, 0.3) is 0 Å². The number of alkyl carbamates (subject to hydrolysis) is 1. The third kappa shape index (κ3) is 4.44. The highest BCUT2D eigenvalue weighted by Crippen LogP contribution is 2.30. The van der Waals surface area contributed by atoms with E-state index >= 15 is 0 Å². The first-order chi connectivity index (χ1) is 8.74. The molecule has 6 heteroatoms. The van der Waals surface area contributed by atoms with Gasteiger partial charge in [0.2, 0.25) is 0 Å². The molecule has 1 atom stereocenters. The van der Waals surface area contributed by atoms with Crippen molar-refractivity contribution in [2.24, 2.45) is 0 Å². The van der Waals surface area contributed by atoms with E-state index in [2.05, 4.69) is 5.32 Å². The molecular weight excluding hydrogens is 270 g/mol. The number of nitrogens with one attached hydrogen (secondary N) is 1. The number of aromatic hydroxyl groups is 1. The summed E-state index contributed by atoms with van der Waals surface area (Å²) in [5.41, 5.74) is -0.537. The summed E-state index contributed by atoms with van der Waals surface area (Å²) in [6.45, 7) is 5.11. The lowest BCUT2D eigenvalue weighted by Gasteiger charge is -2.22. The van der Waals surface area contributed by atoms with E-state index in [9.17, 15) is 14.7 Å². The zero-order chi connectivity index (χ0) is 14.6. The lowest BCUT2D eigenvalue weighted by atomic mass is 10.1. The van der Waals surface area contributed by atoms with Crippen LogP contribution >= 0.6 is 11.6 Å². The van der Waals surface area contributed by atoms with E-state index < -0.39 is 17.7 Å². The maximum Gasteiger partial charge on any atom is 0.408 e. The number of halogens is 1. The molecule has 0 fully saturated rings. The Labute approximate surface area is 116 Å². The topological polar surface area (TPSA) is 75.6 Å². The predicted octanol–water partition coefficient (Wildman–Crippen LogP) is 2.81. The molecule has 5 nitrogen and oxygen atoms in total. The van der Waals surface area contributed by atoms with E-state index in [-0.39, 0.29) is 16.3 Å². The van der Waals surface area contributed by atoms with Crippen LogP contribution in [-0.2, 0) is 9.53 Å². The molecule has 1 unspecified atom stereocenters. The van der Waals surface area contributed by atoms with Crippen molar-refractivity contribution in [3.8, 4) is 5.75 Å². The number of ether oxygens (including phenoxy) is 1. The summed E-state index contributed by atoms with van der Waals surface area (Å²) < 4.78 is 5.04. The average molecular weight is 286 g/mol. The lowest BCUT2D eigenvalue weighted by Crippen LogP contribution is -2.35. The minimum absolute atomic E-state index is 0.144. The highest BCUT2D eigenvalue weighted by Gasteiger charge is 2.23. The second-order valence-electron chi connectivity index (χ2n) is 4.93. The molecular formula is C13H16ClNO4. The number of phenolic OH excluding ortho intramolecular Hbond substituents is 1. The summed E-state index contributed by atoms with van der Waals surface area (Å²) in [5.74, 6) is -0.166. The number of rotatable bonds is 3. The molecule has 1 rings (SSSR count). The molecule has 104 valence electrons. The molecule has 19 heavy (non-hydrogen) atoms. The van der Waals surface area contributed by atoms with Crippen molar-refractivity contribution < 1.29 is 19.4 Å². The van der Waals surface area contributed by atoms with Crippen LogP contribution in [-0.4, -0.2) is 23.1 Å². The van der Waals surface area contributed by atoms with E-state index in [1.807, 2.05) is 0 Å². The molecule has 1 amide bonds. The number of carbonyl (C=O) groups is 2. The van der Waals surface area contributed by atoms with Gasteiger partial charge in [-0.25, -0.2) is 4.79 Å². The minimum atomic E-state index is -1.07. The first-order valence-electron chi connectivity index (χ1n) is 5.67. The van der Waals surface area contributed by atoms with Crippen LogP contribution in [0.25, 0.3) is 0 Å². The summed E-state index contributed by atoms with van der Waals surface area (Å²) >= 11 is 5.91. The van der Waals surface area contributed by atoms with Crippen molar-refractivity contribution in [1.82, 2.24) is 5.32 Å². The van der Waals surface area contributed by atoms with Crippen LogP contribution in [0.2, 0.25) is 5.02 Å². The molecule has 0 heterocycles. The fraction of sp³-hybridized carbons (Fsp3) is 0.385. The summed E-state index contributed by atoms with van der Waals surface area (Å²) in [7, 11) is 0. The Morgan fingerprint density at radius 2 is 2.11 bits per heavy atom. The quantitative estimate of drug-likeness (QED) is 0.837. The SMILES string of the molecule is CC(C)(C)OC(=O)NC(C=O)c1c(O)cccc1Cl. The average Bonchev–Trinajstić information content (AvgIpc) is 2.24. The zero-order valence-electron chi connectivity index (χ0n) is 10.9. The van der Waals surface area contributed by atoms with Crippen molar-refractivity contribution in [2.45, 2.75) is 32.4 Å². The molecule has 0 aliphatic heterocycles. The highest BCUT2D eigenvalue weighted by molar-refractivity contribution is 6.31. The van der Waals surface area contributed by atoms with E-state index in [0.29, 0.717) is 6.29 Å². The highest BCUT2D eigenvalue weighted by atomic mass is 35.5. The lowest BCUT2D eigenvalue weighted by molar-refractivity contribution is -0.109. The van der Waals surface area contributed by atoms with Gasteiger partial charge in [-0.2, -0.15) is 0 Å². The molecule has 0 aliphatic rings. The van der Waals surface area contributed by atoms with Crippen LogP contribution in [0.5, 0.6) is 5.75 Å². The summed E-state index contributed by atoms with van der Waals surface area (Å²) in [6.07, 6.45) is -0.283. The number of hydrogen-bond donors (Lipinski definition) is 2. The van der Waals surface area contributed by atoms with Gasteiger partial charge in [0.15, 0.2) is 0 Å². The number of hydrogen-bond acceptors (Lipinski definition) is 4. The van der Waals surface area contributed by atoms with Crippen molar-refractivity contribution >= 4 is 24.0 Å². The number of aldehydes is 1. The van der Waals surface area contributed by atoms with E-state index in [4.69, 9.17) is 16.3 Å². The molecule has 1 aromatic rings. The maximum absolute atomic E-state index is 11.6. The Morgan fingerprint density at radius 3 is 2.58 bits per heavy atom. The number of carbonyl (C=O) groups excluding carboxylic acids is 2. The number of phenols is 1. The summed E-state index contributed by atoms with van der Waals surface area (Å²) in [4.78, 5) is 22.7.